The molecule has 3 amide bonds. The minimum absolute atomic E-state index is 0.00586. The molecular formula is C29H34BrN3O4S. The maximum atomic E-state index is 14.4. The van der Waals surface area contributed by atoms with E-state index in [-0.39, 0.29) is 34.4 Å². The largest absolute Gasteiger partial charge is 0.394 e. The minimum Gasteiger partial charge on any atom is -0.394 e. The number of likely N-dealkylation sites (tertiary alicyclic amines) is 1. The highest BCUT2D eigenvalue weighted by atomic mass is 79.9. The number of halogens is 1. The summed E-state index contributed by atoms with van der Waals surface area (Å²) in [5, 5.41) is 16.6. The highest BCUT2D eigenvalue weighted by Gasteiger charge is 2.76. The van der Waals surface area contributed by atoms with Crippen LogP contribution >= 0.6 is 27.7 Å². The third-order valence-electron chi connectivity index (χ3n) is 8.25. The Morgan fingerprint density at radius 3 is 2.45 bits per heavy atom. The van der Waals surface area contributed by atoms with Gasteiger partial charge < -0.3 is 20.6 Å². The van der Waals surface area contributed by atoms with Crippen LogP contribution in [0.4, 0.5) is 5.69 Å². The van der Waals surface area contributed by atoms with E-state index in [2.05, 4.69) is 26.6 Å². The summed E-state index contributed by atoms with van der Waals surface area (Å²) in [6.45, 7) is 6.09. The number of hydrogen-bond donors (Lipinski definition) is 3. The first-order valence-corrected chi connectivity index (χ1v) is 15.0. The average Bonchev–Trinajstić information content (AvgIpc) is 3.49. The van der Waals surface area contributed by atoms with E-state index >= 15 is 0 Å². The number of carbonyl (C=O) groups excluding carboxylic acids is 3. The molecule has 202 valence electrons. The van der Waals surface area contributed by atoms with Gasteiger partial charge in [0.25, 0.3) is 0 Å². The lowest BCUT2D eigenvalue weighted by molar-refractivity contribution is -0.142. The van der Waals surface area contributed by atoms with Gasteiger partial charge in [-0.15, -0.1) is 11.8 Å². The van der Waals surface area contributed by atoms with E-state index in [4.69, 9.17) is 0 Å². The molecule has 3 heterocycles. The topological polar surface area (TPSA) is 98.7 Å². The molecule has 3 unspecified atom stereocenters. The number of fused-ring (bicyclic) bond motifs is 1. The van der Waals surface area contributed by atoms with Crippen molar-refractivity contribution in [1.29, 1.82) is 0 Å². The second-order valence-corrected chi connectivity index (χ2v) is 13.3. The molecule has 0 aromatic heterocycles. The normalized spacial score (nSPS) is 30.3. The van der Waals surface area contributed by atoms with Gasteiger partial charge in [-0.2, -0.15) is 0 Å². The summed E-state index contributed by atoms with van der Waals surface area (Å²) in [6.07, 6.45) is 1.38. The van der Waals surface area contributed by atoms with Crippen molar-refractivity contribution < 1.29 is 19.5 Å². The number of amides is 3. The van der Waals surface area contributed by atoms with Crippen LogP contribution in [0.25, 0.3) is 0 Å². The van der Waals surface area contributed by atoms with Crippen molar-refractivity contribution in [2.75, 3.05) is 18.5 Å². The van der Waals surface area contributed by atoms with Gasteiger partial charge in [-0.05, 0) is 43.4 Å². The Labute approximate surface area is 236 Å². The fourth-order valence-electron chi connectivity index (χ4n) is 6.60. The average molecular weight is 601 g/mol. The predicted octanol–water partition coefficient (Wildman–Crippen LogP) is 3.97. The van der Waals surface area contributed by atoms with Gasteiger partial charge in [-0.3, -0.25) is 14.4 Å². The summed E-state index contributed by atoms with van der Waals surface area (Å²) in [7, 11) is 0. The quantitative estimate of drug-likeness (QED) is 0.399. The Morgan fingerprint density at radius 1 is 1.13 bits per heavy atom. The molecule has 0 radical (unpaired) electrons. The molecule has 3 aliphatic heterocycles. The lowest BCUT2D eigenvalue weighted by Crippen LogP contribution is -2.54. The van der Waals surface area contributed by atoms with Crippen LogP contribution in [0, 0.1) is 25.7 Å². The number of hydrogen-bond acceptors (Lipinski definition) is 5. The van der Waals surface area contributed by atoms with Gasteiger partial charge in [0.05, 0.1) is 29.2 Å². The first-order valence-electron chi connectivity index (χ1n) is 13.2. The van der Waals surface area contributed by atoms with Gasteiger partial charge in [0.2, 0.25) is 17.7 Å². The Morgan fingerprint density at radius 2 is 1.82 bits per heavy atom. The van der Waals surface area contributed by atoms with Crippen molar-refractivity contribution in [2.45, 2.75) is 60.5 Å². The molecule has 2 aromatic rings. The number of anilines is 1. The number of thioether (sulfide) groups is 1. The molecule has 9 heteroatoms. The number of carbonyl (C=O) groups is 3. The number of rotatable bonds is 8. The molecule has 2 aromatic carbocycles. The van der Waals surface area contributed by atoms with Crippen LogP contribution in [0.2, 0.25) is 0 Å². The zero-order valence-corrected chi connectivity index (χ0v) is 24.2. The molecule has 3 aliphatic rings. The standard InChI is InChI=1S/C29H34BrN3O4S/c1-4-13-31-26(35)21-22-28(37)33(20(15-34)18-11-6-5-7-12-18)25(29(22)14-19(30)24(21)38-29)27(36)32-23-16(2)9-8-10-17(23)3/h5-12,19-22,24-25,34H,4,13-15H2,1-3H3,(H,31,35)(H,32,36)/t19?,20-,21+,22+,24+,25?,29?/m1/s1. The maximum absolute atomic E-state index is 14.4. The van der Waals surface area contributed by atoms with Crippen molar-refractivity contribution in [2.24, 2.45) is 11.8 Å². The molecule has 2 bridgehead atoms. The van der Waals surface area contributed by atoms with Gasteiger partial charge in [-0.25, -0.2) is 0 Å². The number of aliphatic hydroxyl groups excluding tert-OH is 1. The molecule has 1 spiro atoms. The highest BCUT2D eigenvalue weighted by molar-refractivity contribution is 9.09. The van der Waals surface area contributed by atoms with Crippen LogP contribution in [-0.4, -0.2) is 61.7 Å². The summed E-state index contributed by atoms with van der Waals surface area (Å²) >= 11 is 5.40. The number of nitrogens with one attached hydrogen (secondary N) is 2. The molecule has 0 aliphatic carbocycles. The summed E-state index contributed by atoms with van der Waals surface area (Å²) in [4.78, 5) is 43.7. The Hall–Kier alpha value is -2.36. The van der Waals surface area contributed by atoms with Crippen LogP contribution in [0.5, 0.6) is 0 Å². The van der Waals surface area contributed by atoms with Gasteiger partial charge >= 0.3 is 0 Å². The van der Waals surface area contributed by atoms with E-state index in [1.54, 1.807) is 16.7 Å². The van der Waals surface area contributed by atoms with E-state index in [1.807, 2.05) is 69.3 Å². The highest BCUT2D eigenvalue weighted by Crippen LogP contribution is 2.68. The fourth-order valence-corrected chi connectivity index (χ4v) is 10.2. The summed E-state index contributed by atoms with van der Waals surface area (Å²) < 4.78 is -0.785. The van der Waals surface area contributed by atoms with Gasteiger partial charge in [-0.1, -0.05) is 71.4 Å². The van der Waals surface area contributed by atoms with Crippen LogP contribution in [-0.2, 0) is 14.4 Å². The zero-order valence-electron chi connectivity index (χ0n) is 21.8. The van der Waals surface area contributed by atoms with Crippen LogP contribution in [0.3, 0.4) is 0 Å². The summed E-state index contributed by atoms with van der Waals surface area (Å²) in [5.74, 6) is -1.84. The summed E-state index contributed by atoms with van der Waals surface area (Å²) in [6, 6.07) is 13.6. The second-order valence-electron chi connectivity index (χ2n) is 10.6. The van der Waals surface area contributed by atoms with Gasteiger partial charge in [0.15, 0.2) is 0 Å². The van der Waals surface area contributed by atoms with E-state index < -0.39 is 28.7 Å². The number of alkyl halides is 1. The smallest absolute Gasteiger partial charge is 0.248 e. The Balaban J connectivity index is 1.61. The monoisotopic (exact) mass is 599 g/mol. The van der Waals surface area contributed by atoms with Crippen molar-refractivity contribution >= 4 is 51.1 Å². The van der Waals surface area contributed by atoms with Crippen molar-refractivity contribution in [3.05, 3.63) is 65.2 Å². The van der Waals surface area contributed by atoms with Crippen molar-refractivity contribution in [3.63, 3.8) is 0 Å². The minimum atomic E-state index is -0.851. The van der Waals surface area contributed by atoms with Crippen LogP contribution in [0.15, 0.2) is 48.5 Å². The maximum Gasteiger partial charge on any atom is 0.248 e. The molecular weight excluding hydrogens is 566 g/mol. The lowest BCUT2D eigenvalue weighted by Gasteiger charge is -2.37. The molecule has 3 saturated heterocycles. The fraction of sp³-hybridized carbons (Fsp3) is 0.483. The van der Waals surface area contributed by atoms with E-state index in [1.165, 1.54) is 0 Å². The first kappa shape index (κ1) is 27.2. The zero-order chi connectivity index (χ0) is 27.2. The Kier molecular flexibility index (Phi) is 7.64. The van der Waals surface area contributed by atoms with Crippen LogP contribution in [0.1, 0.15) is 42.5 Å². The Bertz CT molecular complexity index is 1220. The molecule has 7 atom stereocenters. The molecule has 5 rings (SSSR count). The third kappa shape index (κ3) is 4.27. The predicted molar refractivity (Wildman–Crippen MR) is 153 cm³/mol. The lowest BCUT2D eigenvalue weighted by atomic mass is 9.70. The van der Waals surface area contributed by atoms with Crippen molar-refractivity contribution in [3.8, 4) is 0 Å². The summed E-state index contributed by atoms with van der Waals surface area (Å²) in [5.41, 5.74) is 3.36. The van der Waals surface area contributed by atoms with Gasteiger partial charge in [0.1, 0.15) is 6.04 Å². The number of aliphatic hydroxyl groups is 1. The molecule has 38 heavy (non-hydrogen) atoms. The third-order valence-corrected chi connectivity index (χ3v) is 11.5. The van der Waals surface area contributed by atoms with E-state index in [0.29, 0.717) is 13.0 Å². The number of para-hydroxylation sites is 1. The SMILES string of the molecule is CCCNC(=O)[C@H]1[C@H]2C(=O)N([C@H](CO)c3ccccc3)C(C(=O)Nc3c(C)cccc3C)C23CC(Br)[C@@H]1S3. The molecule has 3 fully saturated rings. The first-order chi connectivity index (χ1) is 18.2. The van der Waals surface area contributed by atoms with Crippen molar-refractivity contribution in [1.82, 2.24) is 10.2 Å². The van der Waals surface area contributed by atoms with Crippen LogP contribution < -0.4 is 10.6 Å². The number of nitrogens with zero attached hydrogens (tertiary/aromatic N) is 1. The molecule has 7 nitrogen and oxygen atoms in total. The molecule has 3 N–H and O–H groups in total. The molecule has 0 saturated carbocycles. The van der Waals surface area contributed by atoms with E-state index in [9.17, 15) is 19.5 Å². The van der Waals surface area contributed by atoms with E-state index in [0.717, 1.165) is 28.8 Å². The van der Waals surface area contributed by atoms with Gasteiger partial charge in [0, 0.05) is 22.3 Å². The second kappa shape index (κ2) is 10.7. The number of benzene rings is 2. The number of aryl methyl sites for hydroxylation is 2.